The normalized spacial score (nSPS) is 17.3. The number of fused-ring (bicyclic) bond motifs is 2. The minimum atomic E-state index is -3.55. The highest BCUT2D eigenvalue weighted by Gasteiger charge is 2.28. The lowest BCUT2D eigenvalue weighted by Crippen LogP contribution is -2.23. The van der Waals surface area contributed by atoms with Gasteiger partial charge in [0.05, 0.1) is 16.2 Å². The number of benzene rings is 1. The van der Waals surface area contributed by atoms with E-state index in [9.17, 15) is 9.00 Å². The molecule has 148 valence electrons. The molecule has 0 radical (unpaired) electrons. The number of carbonyl (C=O) groups excluding carboxylic acids is 1. The van der Waals surface area contributed by atoms with Crippen LogP contribution in [0.3, 0.4) is 0 Å². The van der Waals surface area contributed by atoms with Crippen molar-refractivity contribution in [2.45, 2.75) is 63.2 Å². The van der Waals surface area contributed by atoms with Crippen molar-refractivity contribution in [3.63, 3.8) is 0 Å². The van der Waals surface area contributed by atoms with Crippen LogP contribution >= 0.6 is 0 Å². The van der Waals surface area contributed by atoms with Gasteiger partial charge in [-0.15, -0.1) is 0 Å². The Morgan fingerprint density at radius 1 is 1.18 bits per heavy atom. The summed E-state index contributed by atoms with van der Waals surface area (Å²) in [4.78, 5) is 17.8. The van der Waals surface area contributed by atoms with Crippen LogP contribution in [0.1, 0.15) is 70.9 Å². The number of nitrogens with one attached hydrogen (secondary N) is 2. The first-order valence-corrected chi connectivity index (χ1v) is 11.4. The summed E-state index contributed by atoms with van der Waals surface area (Å²) in [6, 6.07) is 3.74. The van der Waals surface area contributed by atoms with E-state index in [1.54, 1.807) is 0 Å². The van der Waals surface area contributed by atoms with Crippen molar-refractivity contribution in [1.82, 2.24) is 4.98 Å². The van der Waals surface area contributed by atoms with Crippen molar-refractivity contribution in [3.05, 3.63) is 51.8 Å². The first-order chi connectivity index (χ1) is 13.3. The molecule has 0 bridgehead atoms. The maximum absolute atomic E-state index is 13.4. The first-order valence-electron chi connectivity index (χ1n) is 9.80. The smallest absolute Gasteiger partial charge is 0.258 e. The molecule has 0 saturated heterocycles. The maximum Gasteiger partial charge on any atom is 0.258 e. The van der Waals surface area contributed by atoms with Crippen molar-refractivity contribution >= 4 is 21.5 Å². The lowest BCUT2D eigenvalue weighted by molar-refractivity contribution is 0.102. The highest BCUT2D eigenvalue weighted by atomic mass is 32.2. The number of nitrogens with zero attached hydrogens (tertiary/aromatic N) is 1. The number of hydrogen-bond donors (Lipinski definition) is 3. The Morgan fingerprint density at radius 2 is 1.79 bits per heavy atom. The summed E-state index contributed by atoms with van der Waals surface area (Å²) < 4.78 is 20.2. The molecule has 0 spiro atoms. The van der Waals surface area contributed by atoms with Gasteiger partial charge in [-0.05, 0) is 72.8 Å². The molecule has 2 aromatic rings. The zero-order chi connectivity index (χ0) is 20.1. The van der Waals surface area contributed by atoms with Gasteiger partial charge in [-0.3, -0.25) is 9.78 Å². The van der Waals surface area contributed by atoms with Crippen molar-refractivity contribution in [3.8, 4) is 0 Å². The molecule has 7 heteroatoms. The summed E-state index contributed by atoms with van der Waals surface area (Å²) in [6.07, 6.45) is 7.68. The number of aryl methyl sites for hydroxylation is 2. The predicted octanol–water partition coefficient (Wildman–Crippen LogP) is 3.71. The van der Waals surface area contributed by atoms with Crippen LogP contribution in [0.5, 0.6) is 0 Å². The van der Waals surface area contributed by atoms with E-state index in [0.29, 0.717) is 5.69 Å². The molecule has 6 nitrogen and oxygen atoms in total. The van der Waals surface area contributed by atoms with Crippen molar-refractivity contribution in [2.75, 3.05) is 5.32 Å². The molecule has 4 N–H and O–H groups in total. The van der Waals surface area contributed by atoms with E-state index in [1.165, 1.54) is 34.5 Å². The Kier molecular flexibility index (Phi) is 4.75. The van der Waals surface area contributed by atoms with E-state index in [0.717, 1.165) is 44.2 Å². The number of aromatic nitrogens is 1. The number of rotatable bonds is 4. The number of hydrogen-bond acceptors (Lipinski definition) is 4. The van der Waals surface area contributed by atoms with Gasteiger partial charge < -0.3 is 5.32 Å². The summed E-state index contributed by atoms with van der Waals surface area (Å²) in [5.74, 6) is -0.429. The molecule has 1 amide bonds. The van der Waals surface area contributed by atoms with E-state index in [4.69, 9.17) is 9.92 Å². The van der Waals surface area contributed by atoms with Crippen LogP contribution in [0.4, 0.5) is 5.69 Å². The molecule has 1 aromatic heterocycles. The Morgan fingerprint density at radius 3 is 2.32 bits per heavy atom. The highest BCUT2D eigenvalue weighted by Crippen LogP contribution is 2.39. The molecule has 0 fully saturated rings. The molecule has 4 rings (SSSR count). The van der Waals surface area contributed by atoms with Gasteiger partial charge in [0.15, 0.2) is 0 Å². The van der Waals surface area contributed by atoms with Crippen molar-refractivity contribution in [1.29, 1.82) is 4.78 Å². The second-order valence-electron chi connectivity index (χ2n) is 8.01. The zero-order valence-corrected chi connectivity index (χ0v) is 17.1. The van der Waals surface area contributed by atoms with E-state index in [1.807, 2.05) is 13.8 Å². The number of amides is 1. The highest BCUT2D eigenvalue weighted by molar-refractivity contribution is 7.90. The Bertz CT molecular complexity index is 1040. The Labute approximate surface area is 166 Å². The molecule has 2 aliphatic carbocycles. The van der Waals surface area contributed by atoms with Gasteiger partial charge in [0.1, 0.15) is 9.92 Å². The van der Waals surface area contributed by atoms with E-state index < -0.39 is 9.92 Å². The fourth-order valence-corrected chi connectivity index (χ4v) is 5.28. The largest absolute Gasteiger partial charge is 0.321 e. The molecule has 28 heavy (non-hydrogen) atoms. The summed E-state index contributed by atoms with van der Waals surface area (Å²) in [5, 5.41) is 8.75. The van der Waals surface area contributed by atoms with Crippen LogP contribution in [-0.2, 0) is 35.6 Å². The third-order valence-corrected chi connectivity index (χ3v) is 6.75. The van der Waals surface area contributed by atoms with Crippen LogP contribution < -0.4 is 10.5 Å². The first kappa shape index (κ1) is 19.1. The Balaban J connectivity index is 1.84. The van der Waals surface area contributed by atoms with Crippen LogP contribution in [0.25, 0.3) is 0 Å². The van der Waals surface area contributed by atoms with E-state index >= 15 is 0 Å². The second-order valence-corrected chi connectivity index (χ2v) is 9.65. The van der Waals surface area contributed by atoms with Crippen LogP contribution in [0, 0.1) is 4.78 Å². The van der Waals surface area contributed by atoms with Gasteiger partial charge in [0.25, 0.3) is 5.91 Å². The Hall–Kier alpha value is -2.25. The van der Waals surface area contributed by atoms with E-state index in [2.05, 4.69) is 16.4 Å². The molecule has 1 atom stereocenters. The molecule has 1 heterocycles. The fraction of sp³-hybridized carbons (Fsp3) is 0.429. The summed E-state index contributed by atoms with van der Waals surface area (Å²) in [6.45, 7) is 3.84. The zero-order valence-electron chi connectivity index (χ0n) is 16.3. The van der Waals surface area contributed by atoms with Crippen molar-refractivity contribution < 1.29 is 9.00 Å². The monoisotopic (exact) mass is 398 g/mol. The maximum atomic E-state index is 13.4. The lowest BCUT2D eigenvalue weighted by Gasteiger charge is -2.19. The summed E-state index contributed by atoms with van der Waals surface area (Å²) in [5.41, 5.74) is 6.73. The predicted molar refractivity (Wildman–Crippen MR) is 110 cm³/mol. The third kappa shape index (κ3) is 3.22. The molecule has 1 aromatic carbocycles. The molecular formula is C21H26N4O2S. The standard InChI is InChI=1S/C21H26N4O2S/c1-12(2)19-18(17(9-10-24-19)28(22,23)27)21(26)25-20-15-7-3-5-13(15)11-14-6-4-8-16(14)20/h9-12H,3-8H2,1-2H3,(H,25,26)(H3,22,23,27). The van der Waals surface area contributed by atoms with Gasteiger partial charge in [-0.1, -0.05) is 19.9 Å². The van der Waals surface area contributed by atoms with Crippen LogP contribution in [0.15, 0.2) is 23.2 Å². The van der Waals surface area contributed by atoms with Crippen LogP contribution in [0.2, 0.25) is 0 Å². The number of anilines is 1. The third-order valence-electron chi connectivity index (χ3n) is 5.75. The molecule has 0 saturated carbocycles. The lowest BCUT2D eigenvalue weighted by atomic mass is 9.98. The summed E-state index contributed by atoms with van der Waals surface area (Å²) in [7, 11) is -3.55. The van der Waals surface area contributed by atoms with Gasteiger partial charge in [-0.25, -0.2) is 14.1 Å². The van der Waals surface area contributed by atoms with Crippen LogP contribution in [-0.4, -0.2) is 15.1 Å². The quantitative estimate of drug-likeness (QED) is 0.730. The summed E-state index contributed by atoms with van der Waals surface area (Å²) >= 11 is 0. The van der Waals surface area contributed by atoms with Gasteiger partial charge >= 0.3 is 0 Å². The second kappa shape index (κ2) is 6.97. The molecule has 2 aliphatic rings. The van der Waals surface area contributed by atoms with Crippen molar-refractivity contribution in [2.24, 2.45) is 5.14 Å². The average molecular weight is 399 g/mol. The van der Waals surface area contributed by atoms with E-state index in [-0.39, 0.29) is 22.3 Å². The molecular weight excluding hydrogens is 372 g/mol. The molecule has 0 aliphatic heterocycles. The minimum absolute atomic E-state index is 0.0490. The van der Waals surface area contributed by atoms with Gasteiger partial charge in [0.2, 0.25) is 0 Å². The number of carbonyl (C=O) groups is 1. The van der Waals surface area contributed by atoms with Gasteiger partial charge in [-0.2, -0.15) is 0 Å². The van der Waals surface area contributed by atoms with Gasteiger partial charge in [0, 0.05) is 11.9 Å². The SMILES string of the molecule is CC(C)c1nccc(S(=N)(N)=O)c1C(=O)Nc1c2c(cc3c1CCC3)CCC2. The molecule has 1 unspecified atom stereocenters. The number of nitrogens with two attached hydrogens (primary N) is 1. The minimum Gasteiger partial charge on any atom is -0.321 e. The topological polar surface area (TPSA) is 109 Å². The number of pyridine rings is 1. The fourth-order valence-electron chi connectivity index (χ4n) is 4.52. The average Bonchev–Trinajstić information content (AvgIpc) is 3.28.